The molecule has 0 saturated heterocycles. The number of anilines is 1. The van der Waals surface area contributed by atoms with Crippen LogP contribution in [0.4, 0.5) is 5.69 Å². The molecule has 170 valence electrons. The zero-order valence-electron chi connectivity index (χ0n) is 18.1. The molecule has 8 heteroatoms. The number of carbonyl (C=O) groups is 2. The van der Waals surface area contributed by atoms with E-state index >= 15 is 0 Å². The summed E-state index contributed by atoms with van der Waals surface area (Å²) in [5, 5.41) is 21.0. The Morgan fingerprint density at radius 2 is 1.91 bits per heavy atom. The smallest absolute Gasteiger partial charge is 0.307 e. The molecule has 0 aliphatic carbocycles. The Balaban J connectivity index is 1.63. The molecular formula is C24H28N2O6. The van der Waals surface area contributed by atoms with Crippen molar-refractivity contribution < 1.29 is 29.4 Å². The Bertz CT molecular complexity index is 974. The predicted molar refractivity (Wildman–Crippen MR) is 120 cm³/mol. The molecule has 0 spiro atoms. The van der Waals surface area contributed by atoms with E-state index in [1.54, 1.807) is 36.1 Å². The number of carboxylic acid groups (broad SMARTS) is 1. The van der Waals surface area contributed by atoms with Crippen LogP contribution >= 0.6 is 0 Å². The maximum atomic E-state index is 13.1. The van der Waals surface area contributed by atoms with Crippen molar-refractivity contribution in [3.63, 3.8) is 0 Å². The molecule has 0 fully saturated rings. The summed E-state index contributed by atoms with van der Waals surface area (Å²) in [5.41, 5.74) is 2.00. The number of oxime groups is 1. The van der Waals surface area contributed by atoms with Crippen molar-refractivity contribution in [3.8, 4) is 11.5 Å². The van der Waals surface area contributed by atoms with Crippen LogP contribution in [0.15, 0.2) is 53.7 Å². The zero-order valence-corrected chi connectivity index (χ0v) is 18.1. The summed E-state index contributed by atoms with van der Waals surface area (Å²) in [6, 6.07) is 14.4. The minimum atomic E-state index is -0.931. The lowest BCUT2D eigenvalue weighted by molar-refractivity contribution is -0.136. The van der Waals surface area contributed by atoms with E-state index in [0.717, 1.165) is 18.5 Å². The minimum absolute atomic E-state index is 0.126. The number of carbonyl (C=O) groups excluding carboxylic acids is 1. The Labute approximate surface area is 187 Å². The van der Waals surface area contributed by atoms with Gasteiger partial charge in [0.2, 0.25) is 0 Å². The zero-order chi connectivity index (χ0) is 22.9. The fourth-order valence-electron chi connectivity index (χ4n) is 3.62. The van der Waals surface area contributed by atoms with Gasteiger partial charge in [0.15, 0.2) is 6.10 Å². The van der Waals surface area contributed by atoms with Gasteiger partial charge in [0.1, 0.15) is 11.5 Å². The maximum Gasteiger partial charge on any atom is 0.307 e. The summed E-state index contributed by atoms with van der Waals surface area (Å²) in [4.78, 5) is 25.9. The van der Waals surface area contributed by atoms with Gasteiger partial charge in [-0.05, 0) is 44.4 Å². The number of unbranched alkanes of at least 4 members (excludes halogenated alkanes) is 1. The number of aliphatic carboxylic acids is 1. The minimum Gasteiger partial charge on any atom is -0.493 e. The number of benzene rings is 2. The van der Waals surface area contributed by atoms with Crippen LogP contribution in [0.2, 0.25) is 0 Å². The quantitative estimate of drug-likeness (QED) is 0.237. The lowest BCUT2D eigenvalue weighted by Crippen LogP contribution is -2.47. The van der Waals surface area contributed by atoms with E-state index in [1.165, 1.54) is 0 Å². The van der Waals surface area contributed by atoms with Gasteiger partial charge in [-0.25, -0.2) is 0 Å². The maximum absolute atomic E-state index is 13.1. The van der Waals surface area contributed by atoms with Crippen LogP contribution in [0, 0.1) is 0 Å². The van der Waals surface area contributed by atoms with Crippen molar-refractivity contribution >= 4 is 23.3 Å². The fourth-order valence-corrected chi connectivity index (χ4v) is 3.62. The number of fused-ring (bicyclic) bond motifs is 1. The van der Waals surface area contributed by atoms with Crippen molar-refractivity contribution in [2.24, 2.45) is 5.16 Å². The topological polar surface area (TPSA) is 109 Å². The van der Waals surface area contributed by atoms with Gasteiger partial charge >= 0.3 is 5.97 Å². The SMILES string of the molecule is C/C(CCCCN1C(=O)C(CCOc2ccccc2CC(=O)O)Oc2ccccc21)=N/O. The summed E-state index contributed by atoms with van der Waals surface area (Å²) in [6.07, 6.45) is 1.76. The van der Waals surface area contributed by atoms with E-state index in [4.69, 9.17) is 19.8 Å². The first-order chi connectivity index (χ1) is 15.5. The summed E-state index contributed by atoms with van der Waals surface area (Å²) in [7, 11) is 0. The molecule has 3 rings (SSSR count). The van der Waals surface area contributed by atoms with Crippen molar-refractivity contribution in [3.05, 3.63) is 54.1 Å². The number of para-hydroxylation sites is 3. The summed E-state index contributed by atoms with van der Waals surface area (Å²) < 4.78 is 11.8. The van der Waals surface area contributed by atoms with E-state index in [9.17, 15) is 9.59 Å². The van der Waals surface area contributed by atoms with Crippen LogP contribution in [0.5, 0.6) is 11.5 Å². The lowest BCUT2D eigenvalue weighted by atomic mass is 10.1. The Morgan fingerprint density at radius 1 is 1.16 bits per heavy atom. The van der Waals surface area contributed by atoms with Crippen molar-refractivity contribution in [1.29, 1.82) is 0 Å². The average Bonchev–Trinajstić information content (AvgIpc) is 2.79. The Morgan fingerprint density at radius 3 is 2.69 bits per heavy atom. The molecule has 1 aliphatic rings. The van der Waals surface area contributed by atoms with Gasteiger partial charge in [0.25, 0.3) is 5.91 Å². The van der Waals surface area contributed by atoms with E-state index in [-0.39, 0.29) is 18.9 Å². The second-order valence-corrected chi connectivity index (χ2v) is 7.67. The monoisotopic (exact) mass is 440 g/mol. The molecule has 0 bridgehead atoms. The molecule has 1 unspecified atom stereocenters. The van der Waals surface area contributed by atoms with Gasteiger partial charge in [-0.2, -0.15) is 0 Å². The fraction of sp³-hybridized carbons (Fsp3) is 0.375. The number of ether oxygens (including phenoxy) is 2. The van der Waals surface area contributed by atoms with Crippen LogP contribution in [0.25, 0.3) is 0 Å². The molecule has 2 aromatic carbocycles. The second-order valence-electron chi connectivity index (χ2n) is 7.67. The molecule has 1 aliphatic heterocycles. The van der Waals surface area contributed by atoms with Crippen molar-refractivity contribution in [1.82, 2.24) is 0 Å². The third kappa shape index (κ3) is 6.00. The first-order valence-corrected chi connectivity index (χ1v) is 10.7. The van der Waals surface area contributed by atoms with Crippen LogP contribution < -0.4 is 14.4 Å². The molecular weight excluding hydrogens is 412 g/mol. The highest BCUT2D eigenvalue weighted by atomic mass is 16.5. The van der Waals surface area contributed by atoms with Gasteiger partial charge in [-0.3, -0.25) is 9.59 Å². The number of hydrogen-bond donors (Lipinski definition) is 2. The van der Waals surface area contributed by atoms with E-state index in [0.29, 0.717) is 42.2 Å². The van der Waals surface area contributed by atoms with Gasteiger partial charge < -0.3 is 24.7 Å². The van der Waals surface area contributed by atoms with Gasteiger partial charge in [0.05, 0.1) is 24.4 Å². The predicted octanol–water partition coefficient (Wildman–Crippen LogP) is 3.90. The lowest BCUT2D eigenvalue weighted by Gasteiger charge is -2.34. The third-order valence-corrected chi connectivity index (χ3v) is 5.26. The number of nitrogens with zero attached hydrogens (tertiary/aromatic N) is 2. The average molecular weight is 440 g/mol. The molecule has 0 radical (unpaired) electrons. The Hall–Kier alpha value is -3.55. The van der Waals surface area contributed by atoms with Crippen LogP contribution in [0.3, 0.4) is 0 Å². The highest BCUT2D eigenvalue weighted by Crippen LogP contribution is 2.34. The third-order valence-electron chi connectivity index (χ3n) is 5.26. The van der Waals surface area contributed by atoms with Crippen LogP contribution in [-0.2, 0) is 16.0 Å². The molecule has 0 aromatic heterocycles. The van der Waals surface area contributed by atoms with Crippen molar-refractivity contribution in [2.45, 2.75) is 45.1 Å². The molecule has 1 atom stereocenters. The standard InChI is InChI=1S/C24H28N2O6/c1-17(25-30)8-6-7-14-26-19-10-3-5-12-21(19)32-22(24(26)29)13-15-31-20-11-4-2-9-18(20)16-23(27)28/h2-5,9-12,22,30H,6-8,13-16H2,1H3,(H,27,28)/b25-17-. The molecule has 2 aromatic rings. The molecule has 1 heterocycles. The van der Waals surface area contributed by atoms with Crippen LogP contribution in [-0.4, -0.2) is 47.2 Å². The van der Waals surface area contributed by atoms with E-state index < -0.39 is 12.1 Å². The Kier molecular flexibility index (Phi) is 8.08. The highest BCUT2D eigenvalue weighted by Gasteiger charge is 2.33. The number of amides is 1. The largest absolute Gasteiger partial charge is 0.493 e. The van der Waals surface area contributed by atoms with E-state index in [1.807, 2.05) is 24.3 Å². The second kappa shape index (κ2) is 11.2. The molecule has 8 nitrogen and oxygen atoms in total. The highest BCUT2D eigenvalue weighted by molar-refractivity contribution is 6.00. The van der Waals surface area contributed by atoms with Gasteiger partial charge in [-0.15, -0.1) is 0 Å². The molecule has 32 heavy (non-hydrogen) atoms. The van der Waals surface area contributed by atoms with Gasteiger partial charge in [0, 0.05) is 18.5 Å². The summed E-state index contributed by atoms with van der Waals surface area (Å²) in [6.45, 7) is 2.52. The molecule has 1 amide bonds. The normalized spacial score (nSPS) is 15.8. The first-order valence-electron chi connectivity index (χ1n) is 10.7. The molecule has 2 N–H and O–H groups in total. The van der Waals surface area contributed by atoms with Crippen LogP contribution in [0.1, 0.15) is 38.2 Å². The van der Waals surface area contributed by atoms with Crippen molar-refractivity contribution in [2.75, 3.05) is 18.1 Å². The number of hydrogen-bond acceptors (Lipinski definition) is 6. The van der Waals surface area contributed by atoms with Gasteiger partial charge in [-0.1, -0.05) is 35.5 Å². The number of rotatable bonds is 11. The van der Waals surface area contributed by atoms with E-state index in [2.05, 4.69) is 5.16 Å². The summed E-state index contributed by atoms with van der Waals surface area (Å²) in [5.74, 6) is 0.0889. The first kappa shape index (κ1) is 23.1. The number of carboxylic acids is 1. The summed E-state index contributed by atoms with van der Waals surface area (Å²) >= 11 is 0. The molecule has 0 saturated carbocycles.